The zero-order valence-corrected chi connectivity index (χ0v) is 20.5. The van der Waals surface area contributed by atoms with E-state index >= 15 is 0 Å². The van der Waals surface area contributed by atoms with Gasteiger partial charge in [0.05, 0.1) is 19.9 Å². The number of rotatable bonds is 8. The van der Waals surface area contributed by atoms with E-state index in [9.17, 15) is 4.79 Å². The predicted octanol–water partition coefficient (Wildman–Crippen LogP) is 5.40. The number of nitrogens with one attached hydrogen (secondary N) is 1. The molecule has 0 atom stereocenters. The molecule has 0 saturated carbocycles. The molecule has 0 aliphatic heterocycles. The van der Waals surface area contributed by atoms with E-state index in [0.717, 1.165) is 22.6 Å². The Bertz CT molecular complexity index is 1070. The van der Waals surface area contributed by atoms with Crippen molar-refractivity contribution in [1.82, 2.24) is 9.97 Å². The molecule has 30 heavy (non-hydrogen) atoms. The molecule has 1 aromatic heterocycles. The molecule has 1 N–H and O–H groups in total. The highest BCUT2D eigenvalue weighted by molar-refractivity contribution is 14.1. The van der Waals surface area contributed by atoms with Gasteiger partial charge in [-0.3, -0.25) is 4.79 Å². The zero-order chi connectivity index (χ0) is 21.7. The normalized spacial score (nSPS) is 11.0. The molecule has 0 radical (unpaired) electrons. The molecule has 7 heteroatoms. The van der Waals surface area contributed by atoms with Crippen LogP contribution in [0.25, 0.3) is 0 Å². The summed E-state index contributed by atoms with van der Waals surface area (Å²) in [7, 11) is 3.23. The van der Waals surface area contributed by atoms with Crippen LogP contribution in [0.1, 0.15) is 42.1 Å². The number of hydrogen-bond acceptors (Lipinski definition) is 5. The molecule has 5 nitrogen and oxygen atoms in total. The first-order chi connectivity index (χ1) is 14.4. The van der Waals surface area contributed by atoms with E-state index < -0.39 is 0 Å². The maximum Gasteiger partial charge on any atom is 0.255 e. The van der Waals surface area contributed by atoms with E-state index in [1.807, 2.05) is 32.0 Å². The van der Waals surface area contributed by atoms with E-state index in [2.05, 4.69) is 51.8 Å². The van der Waals surface area contributed by atoms with Gasteiger partial charge in [-0.05, 0) is 63.9 Å². The number of aromatic amines is 1. The Labute approximate surface area is 194 Å². The number of hydrogen-bond donors (Lipinski definition) is 1. The molecule has 3 aromatic rings. The van der Waals surface area contributed by atoms with Crippen molar-refractivity contribution >= 4 is 34.4 Å². The molecule has 2 aromatic carbocycles. The van der Waals surface area contributed by atoms with Crippen molar-refractivity contribution in [2.75, 3.05) is 14.2 Å². The van der Waals surface area contributed by atoms with Crippen molar-refractivity contribution in [3.63, 3.8) is 0 Å². The fraction of sp³-hybridized carbons (Fsp3) is 0.304. The van der Waals surface area contributed by atoms with E-state index in [0.29, 0.717) is 23.1 Å². The van der Waals surface area contributed by atoms with Crippen LogP contribution in [-0.4, -0.2) is 24.2 Å². The molecule has 0 aliphatic carbocycles. The number of benzene rings is 2. The Morgan fingerprint density at radius 3 is 2.33 bits per heavy atom. The molecule has 1 heterocycles. The molecule has 0 spiro atoms. The molecule has 0 aliphatic rings. The smallest absolute Gasteiger partial charge is 0.255 e. The van der Waals surface area contributed by atoms with Crippen LogP contribution in [0.4, 0.5) is 0 Å². The van der Waals surface area contributed by atoms with Gasteiger partial charge < -0.3 is 14.5 Å². The second-order valence-corrected chi connectivity index (χ2v) is 9.38. The topological polar surface area (TPSA) is 64.2 Å². The van der Waals surface area contributed by atoms with Crippen LogP contribution in [0.15, 0.2) is 52.4 Å². The fourth-order valence-electron chi connectivity index (χ4n) is 3.22. The molecule has 0 fully saturated rings. The highest BCUT2D eigenvalue weighted by Crippen LogP contribution is 2.29. The molecule has 3 rings (SSSR count). The Hall–Kier alpha value is -2.00. The highest BCUT2D eigenvalue weighted by atomic mass is 127. The summed E-state index contributed by atoms with van der Waals surface area (Å²) in [5.41, 5.74) is 3.66. The summed E-state index contributed by atoms with van der Waals surface area (Å²) < 4.78 is 11.9. The third kappa shape index (κ3) is 5.57. The van der Waals surface area contributed by atoms with Gasteiger partial charge in [0.25, 0.3) is 5.56 Å². The Morgan fingerprint density at radius 2 is 1.70 bits per heavy atom. The summed E-state index contributed by atoms with van der Waals surface area (Å²) in [4.78, 5) is 20.6. The van der Waals surface area contributed by atoms with Crippen molar-refractivity contribution in [2.45, 2.75) is 37.1 Å². The van der Waals surface area contributed by atoms with Crippen LogP contribution < -0.4 is 15.0 Å². The van der Waals surface area contributed by atoms with Gasteiger partial charge in [-0.25, -0.2) is 4.98 Å². The molecule has 0 unspecified atom stereocenters. The lowest BCUT2D eigenvalue weighted by Crippen LogP contribution is -2.20. The first-order valence-corrected chi connectivity index (χ1v) is 11.7. The largest absolute Gasteiger partial charge is 0.493 e. The number of aromatic nitrogens is 2. The van der Waals surface area contributed by atoms with Crippen LogP contribution in [-0.2, 0) is 12.2 Å². The van der Waals surface area contributed by atoms with Crippen molar-refractivity contribution in [3.05, 3.63) is 78.8 Å². The lowest BCUT2D eigenvalue weighted by Gasteiger charge is -2.14. The molecular weight excluding hydrogens is 511 g/mol. The second-order valence-electron chi connectivity index (χ2n) is 7.17. The van der Waals surface area contributed by atoms with Crippen LogP contribution in [0.3, 0.4) is 0 Å². The zero-order valence-electron chi connectivity index (χ0n) is 17.5. The minimum Gasteiger partial charge on any atom is -0.493 e. The monoisotopic (exact) mass is 536 g/mol. The Balaban J connectivity index is 1.90. The van der Waals surface area contributed by atoms with E-state index in [4.69, 9.17) is 14.5 Å². The molecule has 0 amide bonds. The molecule has 0 saturated heterocycles. The SMILES string of the molecule is COc1ccc(Cc2nc(SCc3ccc(I)cc3)[nH]c(=O)c2C(C)C)cc1OC. The number of H-pyrrole nitrogens is 1. The standard InChI is InChI=1S/C23H25IN2O3S/c1-14(2)21-18(11-16-7-10-19(28-3)20(12-16)29-4)25-23(26-22(21)27)30-13-15-5-8-17(24)9-6-15/h5-10,12,14H,11,13H2,1-4H3,(H,25,26,27). The maximum atomic E-state index is 12.8. The van der Waals surface area contributed by atoms with E-state index in [-0.39, 0.29) is 11.5 Å². The molecule has 158 valence electrons. The third-order valence-electron chi connectivity index (χ3n) is 4.70. The van der Waals surface area contributed by atoms with Crippen LogP contribution in [0.2, 0.25) is 0 Å². The lowest BCUT2D eigenvalue weighted by atomic mass is 9.98. The van der Waals surface area contributed by atoms with Gasteiger partial charge in [-0.15, -0.1) is 0 Å². The summed E-state index contributed by atoms with van der Waals surface area (Å²) in [6, 6.07) is 14.1. The minimum absolute atomic E-state index is 0.0689. The number of nitrogens with zero attached hydrogens (tertiary/aromatic N) is 1. The van der Waals surface area contributed by atoms with E-state index in [1.54, 1.807) is 14.2 Å². The van der Waals surface area contributed by atoms with E-state index in [1.165, 1.54) is 20.9 Å². The van der Waals surface area contributed by atoms with Gasteiger partial charge >= 0.3 is 0 Å². The van der Waals surface area contributed by atoms with Gasteiger partial charge in [-0.2, -0.15) is 0 Å². The summed E-state index contributed by atoms with van der Waals surface area (Å²) in [5, 5.41) is 0.637. The first-order valence-electron chi connectivity index (χ1n) is 9.62. The fourth-order valence-corrected chi connectivity index (χ4v) is 4.42. The van der Waals surface area contributed by atoms with Crippen LogP contribution in [0.5, 0.6) is 11.5 Å². The Morgan fingerprint density at radius 1 is 1.03 bits per heavy atom. The quantitative estimate of drug-likeness (QED) is 0.237. The first kappa shape index (κ1) is 22.7. The molecular formula is C23H25IN2O3S. The summed E-state index contributed by atoms with van der Waals surface area (Å²) in [6.45, 7) is 4.03. The predicted molar refractivity (Wildman–Crippen MR) is 130 cm³/mol. The van der Waals surface area contributed by atoms with Crippen LogP contribution in [0, 0.1) is 3.57 Å². The second kappa shape index (κ2) is 10.3. The van der Waals surface area contributed by atoms with Gasteiger partial charge in [-0.1, -0.05) is 43.8 Å². The third-order valence-corrected chi connectivity index (χ3v) is 6.36. The van der Waals surface area contributed by atoms with Gasteiger partial charge in [0.1, 0.15) is 0 Å². The van der Waals surface area contributed by atoms with Crippen LogP contribution >= 0.6 is 34.4 Å². The maximum absolute atomic E-state index is 12.8. The number of ether oxygens (including phenoxy) is 2. The summed E-state index contributed by atoms with van der Waals surface area (Å²) in [6.07, 6.45) is 0.550. The summed E-state index contributed by atoms with van der Waals surface area (Å²) >= 11 is 3.83. The van der Waals surface area contributed by atoms with Crippen molar-refractivity contribution in [2.24, 2.45) is 0 Å². The highest BCUT2D eigenvalue weighted by Gasteiger charge is 2.16. The number of thioether (sulfide) groups is 1. The average Bonchev–Trinajstić information content (AvgIpc) is 2.72. The van der Waals surface area contributed by atoms with Gasteiger partial charge in [0, 0.05) is 21.3 Å². The average molecular weight is 536 g/mol. The lowest BCUT2D eigenvalue weighted by molar-refractivity contribution is 0.354. The number of methoxy groups -OCH3 is 2. The van der Waals surface area contributed by atoms with Crippen molar-refractivity contribution in [3.8, 4) is 11.5 Å². The minimum atomic E-state index is -0.0689. The van der Waals surface area contributed by atoms with Crippen molar-refractivity contribution < 1.29 is 9.47 Å². The Kier molecular flexibility index (Phi) is 7.82. The van der Waals surface area contributed by atoms with Crippen molar-refractivity contribution in [1.29, 1.82) is 0 Å². The number of halogens is 1. The summed E-state index contributed by atoms with van der Waals surface area (Å²) in [5.74, 6) is 2.17. The van der Waals surface area contributed by atoms with Gasteiger partial charge in [0.15, 0.2) is 16.7 Å². The molecule has 0 bridgehead atoms. The van der Waals surface area contributed by atoms with Gasteiger partial charge in [0.2, 0.25) is 0 Å².